The Balaban J connectivity index is 2.05. The van der Waals surface area contributed by atoms with Crippen LogP contribution >= 0.6 is 0 Å². The van der Waals surface area contributed by atoms with Crippen molar-refractivity contribution >= 4 is 20.8 Å². The molecule has 1 aromatic carbocycles. The van der Waals surface area contributed by atoms with Crippen LogP contribution in [0.5, 0.6) is 0 Å². The fraction of sp³-hybridized carbons (Fsp3) is 0.400. The van der Waals surface area contributed by atoms with Crippen LogP contribution in [-0.2, 0) is 13.7 Å². The molecule has 1 aliphatic rings. The van der Waals surface area contributed by atoms with E-state index in [9.17, 15) is 0 Å². The molecular formula is C10H15BO3Si. The van der Waals surface area contributed by atoms with Crippen LogP contribution in [0.15, 0.2) is 30.3 Å². The van der Waals surface area contributed by atoms with Gasteiger partial charge in [-0.05, 0) is 18.3 Å². The van der Waals surface area contributed by atoms with E-state index in [1.807, 2.05) is 18.2 Å². The van der Waals surface area contributed by atoms with Crippen LogP contribution in [0.2, 0.25) is 13.1 Å². The smallest absolute Gasteiger partial charge is 0.424 e. The zero-order valence-corrected chi connectivity index (χ0v) is 10.1. The van der Waals surface area contributed by atoms with Crippen molar-refractivity contribution in [2.24, 2.45) is 0 Å². The maximum Gasteiger partial charge on any atom is 0.628 e. The maximum absolute atomic E-state index is 5.88. The molecule has 3 nitrogen and oxygen atoms in total. The minimum absolute atomic E-state index is 0.466. The van der Waals surface area contributed by atoms with E-state index in [0.29, 0.717) is 13.2 Å². The van der Waals surface area contributed by atoms with Gasteiger partial charge in [0.1, 0.15) is 0 Å². The van der Waals surface area contributed by atoms with Gasteiger partial charge in [-0.3, -0.25) is 0 Å². The summed E-state index contributed by atoms with van der Waals surface area (Å²) in [7, 11) is -2.36. The van der Waals surface area contributed by atoms with Crippen LogP contribution in [0.3, 0.4) is 0 Å². The second-order valence-corrected chi connectivity index (χ2v) is 7.86. The molecule has 80 valence electrons. The molecular weight excluding hydrogens is 207 g/mol. The zero-order valence-electron chi connectivity index (χ0n) is 9.10. The summed E-state index contributed by atoms with van der Waals surface area (Å²) in [5.74, 6) is 0. The van der Waals surface area contributed by atoms with Crippen LogP contribution in [0, 0.1) is 0 Å². The zero-order chi connectivity index (χ0) is 10.7. The van der Waals surface area contributed by atoms with E-state index in [2.05, 4.69) is 25.2 Å². The SMILES string of the molecule is C[Si](C)(OB1OCCO1)c1ccccc1. The molecule has 0 radical (unpaired) electrons. The van der Waals surface area contributed by atoms with Crippen LogP contribution in [0.4, 0.5) is 0 Å². The third-order valence-corrected chi connectivity index (χ3v) is 4.96. The lowest BCUT2D eigenvalue weighted by Crippen LogP contribution is -2.49. The molecule has 1 saturated heterocycles. The van der Waals surface area contributed by atoms with Crippen LogP contribution in [0.25, 0.3) is 0 Å². The van der Waals surface area contributed by atoms with E-state index >= 15 is 0 Å². The Hall–Kier alpha value is -0.618. The maximum atomic E-state index is 5.88. The van der Waals surface area contributed by atoms with E-state index in [-0.39, 0.29) is 0 Å². The average molecular weight is 222 g/mol. The molecule has 2 rings (SSSR count). The molecule has 0 spiro atoms. The first kappa shape index (κ1) is 10.9. The van der Waals surface area contributed by atoms with Crippen molar-refractivity contribution in [2.75, 3.05) is 13.2 Å². The first-order chi connectivity index (χ1) is 7.18. The normalized spacial score (nSPS) is 17.1. The standard InChI is InChI=1S/C10H15BO3Si/c1-15(2,10-6-4-3-5-7-10)14-11-12-8-9-13-11/h3-7H,8-9H2,1-2H3. The van der Waals surface area contributed by atoms with Crippen molar-refractivity contribution < 1.29 is 13.7 Å². The molecule has 0 amide bonds. The van der Waals surface area contributed by atoms with E-state index in [1.54, 1.807) is 0 Å². The van der Waals surface area contributed by atoms with Crippen LogP contribution < -0.4 is 5.19 Å². The molecule has 1 aromatic rings. The van der Waals surface area contributed by atoms with E-state index in [0.717, 1.165) is 0 Å². The first-order valence-corrected chi connectivity index (χ1v) is 8.06. The molecule has 1 fully saturated rings. The predicted octanol–water partition coefficient (Wildman–Crippen LogP) is 1.15. The van der Waals surface area contributed by atoms with Gasteiger partial charge in [-0.1, -0.05) is 30.3 Å². The molecule has 0 unspecified atom stereocenters. The Morgan fingerprint density at radius 3 is 2.33 bits per heavy atom. The molecule has 0 aliphatic carbocycles. The van der Waals surface area contributed by atoms with Gasteiger partial charge in [-0.2, -0.15) is 0 Å². The Bertz CT molecular complexity index is 312. The van der Waals surface area contributed by atoms with Crippen molar-refractivity contribution in [1.82, 2.24) is 0 Å². The number of rotatable bonds is 3. The van der Waals surface area contributed by atoms with E-state index < -0.39 is 15.6 Å². The summed E-state index contributed by atoms with van der Waals surface area (Å²) < 4.78 is 16.5. The summed E-state index contributed by atoms with van der Waals surface area (Å²) in [6.07, 6.45) is 0. The van der Waals surface area contributed by atoms with Gasteiger partial charge in [0.25, 0.3) is 0 Å². The van der Waals surface area contributed by atoms with Gasteiger partial charge < -0.3 is 13.7 Å². The summed E-state index contributed by atoms with van der Waals surface area (Å²) in [5, 5.41) is 1.25. The van der Waals surface area contributed by atoms with Crippen LogP contribution in [-0.4, -0.2) is 28.9 Å². The highest BCUT2D eigenvalue weighted by atomic mass is 28.4. The Kier molecular flexibility index (Phi) is 3.26. The summed E-state index contributed by atoms with van der Waals surface area (Å²) in [6.45, 7) is 5.55. The summed E-state index contributed by atoms with van der Waals surface area (Å²) in [5.41, 5.74) is 0. The van der Waals surface area contributed by atoms with Gasteiger partial charge in [0, 0.05) is 0 Å². The monoisotopic (exact) mass is 222 g/mol. The van der Waals surface area contributed by atoms with E-state index in [1.165, 1.54) is 5.19 Å². The molecule has 15 heavy (non-hydrogen) atoms. The molecule has 1 heterocycles. The Morgan fingerprint density at radius 2 is 1.73 bits per heavy atom. The fourth-order valence-corrected chi connectivity index (χ4v) is 3.30. The van der Waals surface area contributed by atoms with Gasteiger partial charge in [0.05, 0.1) is 13.2 Å². The van der Waals surface area contributed by atoms with E-state index in [4.69, 9.17) is 13.7 Å². The highest BCUT2D eigenvalue weighted by molar-refractivity contribution is 6.87. The van der Waals surface area contributed by atoms with Gasteiger partial charge in [-0.25, -0.2) is 0 Å². The minimum Gasteiger partial charge on any atom is -0.424 e. The minimum atomic E-state index is -1.89. The molecule has 5 heteroatoms. The molecule has 1 aliphatic heterocycles. The van der Waals surface area contributed by atoms with Gasteiger partial charge >= 0.3 is 7.32 Å². The highest BCUT2D eigenvalue weighted by Crippen LogP contribution is 2.11. The lowest BCUT2D eigenvalue weighted by Gasteiger charge is -2.24. The highest BCUT2D eigenvalue weighted by Gasteiger charge is 2.36. The lowest BCUT2D eigenvalue weighted by molar-refractivity contribution is 0.270. The second kappa shape index (κ2) is 4.49. The van der Waals surface area contributed by atoms with Crippen molar-refractivity contribution in [2.45, 2.75) is 13.1 Å². The molecule has 0 atom stereocenters. The molecule has 0 aromatic heterocycles. The first-order valence-electron chi connectivity index (χ1n) is 5.15. The van der Waals surface area contributed by atoms with Crippen molar-refractivity contribution in [1.29, 1.82) is 0 Å². The predicted molar refractivity (Wildman–Crippen MR) is 62.3 cm³/mol. The third kappa shape index (κ3) is 2.69. The summed E-state index contributed by atoms with van der Waals surface area (Å²) in [6, 6.07) is 10.3. The Labute approximate surface area is 91.7 Å². The number of hydrogen-bond donors (Lipinski definition) is 0. The quantitative estimate of drug-likeness (QED) is 0.718. The van der Waals surface area contributed by atoms with Crippen LogP contribution in [0.1, 0.15) is 0 Å². The largest absolute Gasteiger partial charge is 0.628 e. The van der Waals surface area contributed by atoms with Gasteiger partial charge in [0.15, 0.2) is 0 Å². The topological polar surface area (TPSA) is 27.7 Å². The van der Waals surface area contributed by atoms with Crippen molar-refractivity contribution in [3.63, 3.8) is 0 Å². The summed E-state index contributed by atoms with van der Waals surface area (Å²) >= 11 is 0. The lowest BCUT2D eigenvalue weighted by atomic mass is 10.3. The molecule has 0 N–H and O–H groups in total. The summed E-state index contributed by atoms with van der Waals surface area (Å²) in [4.78, 5) is 0. The fourth-order valence-electron chi connectivity index (χ4n) is 1.55. The molecule has 0 bridgehead atoms. The average Bonchev–Trinajstić information content (AvgIpc) is 2.71. The van der Waals surface area contributed by atoms with Crippen molar-refractivity contribution in [3.05, 3.63) is 30.3 Å². The van der Waals surface area contributed by atoms with Crippen molar-refractivity contribution in [3.8, 4) is 0 Å². The van der Waals surface area contributed by atoms with Gasteiger partial charge in [0.2, 0.25) is 8.32 Å². The van der Waals surface area contributed by atoms with Gasteiger partial charge in [-0.15, -0.1) is 0 Å². The Morgan fingerprint density at radius 1 is 1.13 bits per heavy atom. The second-order valence-electron chi connectivity index (χ2n) is 4.02. The number of hydrogen-bond acceptors (Lipinski definition) is 3. The third-order valence-electron chi connectivity index (χ3n) is 2.45. The number of benzene rings is 1. The molecule has 0 saturated carbocycles.